The summed E-state index contributed by atoms with van der Waals surface area (Å²) in [5, 5.41) is 5.02. The number of carbonyl (C=O) groups is 2. The second-order valence-corrected chi connectivity index (χ2v) is 10.1. The van der Waals surface area contributed by atoms with Crippen LogP contribution in [0.25, 0.3) is 11.3 Å². The Hall–Kier alpha value is -3.71. The van der Waals surface area contributed by atoms with Crippen molar-refractivity contribution in [1.29, 1.82) is 0 Å². The van der Waals surface area contributed by atoms with Crippen LogP contribution in [0.15, 0.2) is 84.5 Å². The summed E-state index contributed by atoms with van der Waals surface area (Å²) in [6, 6.07) is 20.2. The maximum atomic E-state index is 13.9. The molecule has 1 unspecified atom stereocenters. The molecule has 1 atom stereocenters. The van der Waals surface area contributed by atoms with Crippen molar-refractivity contribution >= 4 is 23.2 Å². The molecule has 1 aromatic carbocycles. The molecular formula is C27H28N4O2S. The van der Waals surface area contributed by atoms with Crippen LogP contribution in [0.4, 0.5) is 0 Å². The van der Waals surface area contributed by atoms with E-state index in [1.54, 1.807) is 46.8 Å². The molecule has 6 nitrogen and oxygen atoms in total. The fraction of sp³-hybridized carbons (Fsp3) is 0.222. The van der Waals surface area contributed by atoms with Gasteiger partial charge in [0.2, 0.25) is 5.91 Å². The number of pyridine rings is 1. The number of carbonyl (C=O) groups excluding carboxylic acids is 2. The van der Waals surface area contributed by atoms with E-state index in [1.807, 2.05) is 74.7 Å². The molecule has 0 saturated heterocycles. The van der Waals surface area contributed by atoms with Crippen LogP contribution >= 0.6 is 11.3 Å². The summed E-state index contributed by atoms with van der Waals surface area (Å²) < 4.78 is 0. The van der Waals surface area contributed by atoms with Gasteiger partial charge in [0, 0.05) is 28.5 Å². The van der Waals surface area contributed by atoms with E-state index in [1.165, 1.54) is 0 Å². The quantitative estimate of drug-likeness (QED) is 0.376. The Bertz CT molecular complexity index is 1230. The number of rotatable bonds is 7. The van der Waals surface area contributed by atoms with Crippen molar-refractivity contribution in [1.82, 2.24) is 20.2 Å². The highest BCUT2D eigenvalue weighted by atomic mass is 32.1. The van der Waals surface area contributed by atoms with Crippen LogP contribution in [0.2, 0.25) is 0 Å². The minimum atomic E-state index is -0.819. The van der Waals surface area contributed by atoms with Crippen molar-refractivity contribution in [3.63, 3.8) is 0 Å². The van der Waals surface area contributed by atoms with E-state index in [-0.39, 0.29) is 11.8 Å². The van der Waals surface area contributed by atoms with Crippen molar-refractivity contribution in [2.45, 2.75) is 38.9 Å². The Morgan fingerprint density at radius 2 is 1.74 bits per heavy atom. The molecule has 3 aromatic heterocycles. The zero-order chi connectivity index (χ0) is 24.1. The largest absolute Gasteiger partial charge is 0.351 e. The second kappa shape index (κ2) is 10.1. The van der Waals surface area contributed by atoms with Crippen molar-refractivity contribution in [2.24, 2.45) is 0 Å². The number of amides is 2. The Morgan fingerprint density at radius 1 is 1.00 bits per heavy atom. The zero-order valence-electron chi connectivity index (χ0n) is 19.5. The number of benzene rings is 1. The maximum Gasteiger partial charge on any atom is 0.271 e. The fourth-order valence-corrected chi connectivity index (χ4v) is 4.47. The van der Waals surface area contributed by atoms with Crippen LogP contribution in [0.1, 0.15) is 47.7 Å². The van der Waals surface area contributed by atoms with Gasteiger partial charge in [-0.15, -0.1) is 11.3 Å². The number of H-pyrrole nitrogens is 1. The van der Waals surface area contributed by atoms with Gasteiger partial charge < -0.3 is 15.2 Å². The molecule has 2 N–H and O–H groups in total. The van der Waals surface area contributed by atoms with Gasteiger partial charge in [-0.25, -0.2) is 0 Å². The highest BCUT2D eigenvalue weighted by Crippen LogP contribution is 2.28. The summed E-state index contributed by atoms with van der Waals surface area (Å²) in [4.78, 5) is 37.4. The predicted molar refractivity (Wildman–Crippen MR) is 135 cm³/mol. The van der Waals surface area contributed by atoms with Crippen molar-refractivity contribution in [3.8, 4) is 11.3 Å². The number of hydrogen-bond acceptors (Lipinski definition) is 4. The topological polar surface area (TPSA) is 78.1 Å². The first-order valence-corrected chi connectivity index (χ1v) is 12.0. The van der Waals surface area contributed by atoms with E-state index in [4.69, 9.17) is 0 Å². The van der Waals surface area contributed by atoms with Gasteiger partial charge in [-0.2, -0.15) is 0 Å². The minimum absolute atomic E-state index is 0.238. The standard InChI is InChI=1S/C27H28N4O2S/c1-27(2,3)30-25(32)24(20-13-15-28-16-14-20)31(18-21-10-7-17-34-21)26(33)23-12-11-22(29-23)19-8-5-4-6-9-19/h4-17,24,29H,18H2,1-3H3,(H,30,32). The Balaban J connectivity index is 1.75. The average molecular weight is 473 g/mol. The molecule has 3 heterocycles. The highest BCUT2D eigenvalue weighted by molar-refractivity contribution is 7.09. The zero-order valence-corrected chi connectivity index (χ0v) is 20.3. The van der Waals surface area contributed by atoms with Gasteiger partial charge in [-0.05, 0) is 67.6 Å². The van der Waals surface area contributed by atoms with E-state index in [2.05, 4.69) is 15.3 Å². The van der Waals surface area contributed by atoms with E-state index in [0.717, 1.165) is 16.1 Å². The molecule has 4 aromatic rings. The predicted octanol–water partition coefficient (Wildman–Crippen LogP) is 5.44. The van der Waals surface area contributed by atoms with Crippen LogP contribution in [-0.4, -0.2) is 32.2 Å². The molecular weight excluding hydrogens is 444 g/mol. The molecule has 2 amide bonds. The molecule has 174 valence electrons. The van der Waals surface area contributed by atoms with E-state index in [0.29, 0.717) is 17.8 Å². The third-order valence-corrected chi connectivity index (χ3v) is 6.11. The van der Waals surface area contributed by atoms with E-state index < -0.39 is 11.6 Å². The number of nitrogens with zero attached hydrogens (tertiary/aromatic N) is 2. The van der Waals surface area contributed by atoms with Crippen molar-refractivity contribution < 1.29 is 9.59 Å². The van der Waals surface area contributed by atoms with Crippen LogP contribution in [0.3, 0.4) is 0 Å². The molecule has 0 spiro atoms. The summed E-state index contributed by atoms with van der Waals surface area (Å²) in [5.41, 5.74) is 2.52. The molecule has 7 heteroatoms. The van der Waals surface area contributed by atoms with E-state index in [9.17, 15) is 9.59 Å². The van der Waals surface area contributed by atoms with Crippen LogP contribution < -0.4 is 5.32 Å². The Labute approximate surface area is 203 Å². The number of hydrogen-bond donors (Lipinski definition) is 2. The first-order chi connectivity index (χ1) is 16.3. The lowest BCUT2D eigenvalue weighted by atomic mass is 10.0. The highest BCUT2D eigenvalue weighted by Gasteiger charge is 2.34. The minimum Gasteiger partial charge on any atom is -0.351 e. The molecule has 0 aliphatic heterocycles. The fourth-order valence-electron chi connectivity index (χ4n) is 3.77. The smallest absolute Gasteiger partial charge is 0.271 e. The average Bonchev–Trinajstić information content (AvgIpc) is 3.51. The number of nitrogens with one attached hydrogen (secondary N) is 2. The number of aromatic amines is 1. The van der Waals surface area contributed by atoms with Gasteiger partial charge in [-0.3, -0.25) is 14.6 Å². The van der Waals surface area contributed by atoms with Gasteiger partial charge in [-0.1, -0.05) is 36.4 Å². The summed E-state index contributed by atoms with van der Waals surface area (Å²) >= 11 is 1.56. The molecule has 0 aliphatic rings. The maximum absolute atomic E-state index is 13.9. The molecule has 34 heavy (non-hydrogen) atoms. The summed E-state index contributed by atoms with van der Waals surface area (Å²) in [6.45, 7) is 6.09. The molecule has 0 bridgehead atoms. The first kappa shape index (κ1) is 23.4. The van der Waals surface area contributed by atoms with Gasteiger partial charge in [0.05, 0.1) is 6.54 Å². The molecule has 0 fully saturated rings. The molecule has 4 rings (SSSR count). The number of thiophene rings is 1. The normalized spacial score (nSPS) is 12.2. The Morgan fingerprint density at radius 3 is 2.38 bits per heavy atom. The third-order valence-electron chi connectivity index (χ3n) is 5.25. The second-order valence-electron chi connectivity index (χ2n) is 9.09. The monoisotopic (exact) mass is 472 g/mol. The van der Waals surface area contributed by atoms with Crippen molar-refractivity contribution in [3.05, 3.63) is 101 Å². The number of aromatic nitrogens is 2. The van der Waals surface area contributed by atoms with Gasteiger partial charge in [0.1, 0.15) is 11.7 Å². The third kappa shape index (κ3) is 5.61. The lowest BCUT2D eigenvalue weighted by Gasteiger charge is -2.33. The van der Waals surface area contributed by atoms with Gasteiger partial charge in [0.15, 0.2) is 0 Å². The van der Waals surface area contributed by atoms with Crippen LogP contribution in [-0.2, 0) is 11.3 Å². The lowest BCUT2D eigenvalue weighted by Crippen LogP contribution is -2.49. The van der Waals surface area contributed by atoms with Crippen LogP contribution in [0, 0.1) is 0 Å². The molecule has 0 radical (unpaired) electrons. The van der Waals surface area contributed by atoms with E-state index >= 15 is 0 Å². The summed E-state index contributed by atoms with van der Waals surface area (Å²) in [7, 11) is 0. The summed E-state index contributed by atoms with van der Waals surface area (Å²) in [6.07, 6.45) is 3.28. The molecule has 0 saturated carbocycles. The Kier molecular flexibility index (Phi) is 6.93. The summed E-state index contributed by atoms with van der Waals surface area (Å²) in [5.74, 6) is -0.486. The van der Waals surface area contributed by atoms with Crippen LogP contribution in [0.5, 0.6) is 0 Å². The van der Waals surface area contributed by atoms with Gasteiger partial charge >= 0.3 is 0 Å². The first-order valence-electron chi connectivity index (χ1n) is 11.1. The lowest BCUT2D eigenvalue weighted by molar-refractivity contribution is -0.127. The van der Waals surface area contributed by atoms with Crippen molar-refractivity contribution in [2.75, 3.05) is 0 Å². The SMILES string of the molecule is CC(C)(C)NC(=O)C(c1ccncc1)N(Cc1cccs1)C(=O)c1ccc(-c2ccccc2)[nH]1. The molecule has 0 aliphatic carbocycles. The van der Waals surface area contributed by atoms with Gasteiger partial charge in [0.25, 0.3) is 5.91 Å².